The van der Waals surface area contributed by atoms with Crippen LogP contribution in [-0.2, 0) is 4.74 Å². The monoisotopic (exact) mass is 339 g/mol. The molecule has 1 fully saturated rings. The van der Waals surface area contributed by atoms with Crippen LogP contribution in [-0.4, -0.2) is 42.3 Å². The molecule has 2 atom stereocenters. The molecule has 6 heteroatoms. The van der Waals surface area contributed by atoms with Gasteiger partial charge in [-0.05, 0) is 44.9 Å². The van der Waals surface area contributed by atoms with E-state index in [4.69, 9.17) is 22.1 Å². The van der Waals surface area contributed by atoms with Crippen molar-refractivity contribution in [2.75, 3.05) is 19.6 Å². The molecule has 0 spiro atoms. The molecule has 0 bridgehead atoms. The number of hydrogen-bond acceptors (Lipinski definition) is 4. The molecule has 0 aliphatic carbocycles. The number of amides is 1. The topological polar surface area (TPSA) is 67.6 Å². The average molecular weight is 340 g/mol. The van der Waals surface area contributed by atoms with E-state index < -0.39 is 5.60 Å². The number of nitrogens with one attached hydrogen (secondary N) is 1. The molecule has 1 heterocycles. The maximum absolute atomic E-state index is 11.9. The van der Waals surface area contributed by atoms with E-state index in [1.54, 1.807) is 0 Å². The van der Waals surface area contributed by atoms with Gasteiger partial charge in [0.25, 0.3) is 0 Å². The third-order valence-corrected chi connectivity index (χ3v) is 4.11. The van der Waals surface area contributed by atoms with Gasteiger partial charge in [0.2, 0.25) is 0 Å². The highest BCUT2D eigenvalue weighted by Crippen LogP contribution is 2.25. The Hall–Kier alpha value is -1.30. The first-order chi connectivity index (χ1) is 10.8. The molecule has 1 aromatic carbocycles. The van der Waals surface area contributed by atoms with Gasteiger partial charge >= 0.3 is 6.09 Å². The Morgan fingerprint density at radius 3 is 2.65 bits per heavy atom. The number of nitrogens with zero attached hydrogens (tertiary/aromatic N) is 1. The van der Waals surface area contributed by atoms with Crippen LogP contribution in [0, 0.1) is 0 Å². The fourth-order valence-corrected chi connectivity index (χ4v) is 2.97. The number of carbonyl (C=O) groups is 1. The highest BCUT2D eigenvalue weighted by Gasteiger charge is 2.30. The normalized spacial score (nSPS) is 20.3. The molecule has 0 aromatic heterocycles. The Bertz CT molecular complexity index is 528. The van der Waals surface area contributed by atoms with Crippen molar-refractivity contribution in [3.05, 3.63) is 34.9 Å². The number of ether oxygens (including phenoxy) is 1. The Balaban J connectivity index is 1.93. The van der Waals surface area contributed by atoms with E-state index in [9.17, 15) is 4.79 Å². The molecule has 0 unspecified atom stereocenters. The van der Waals surface area contributed by atoms with Gasteiger partial charge in [-0.2, -0.15) is 0 Å². The number of halogens is 1. The van der Waals surface area contributed by atoms with Gasteiger partial charge in [-0.15, -0.1) is 0 Å². The van der Waals surface area contributed by atoms with E-state index >= 15 is 0 Å². The number of hydrogen-bond donors (Lipinski definition) is 2. The molecule has 1 aliphatic rings. The van der Waals surface area contributed by atoms with Crippen molar-refractivity contribution in [3.8, 4) is 0 Å². The van der Waals surface area contributed by atoms with Crippen LogP contribution in [0.15, 0.2) is 24.3 Å². The van der Waals surface area contributed by atoms with Crippen molar-refractivity contribution in [2.45, 2.75) is 44.9 Å². The van der Waals surface area contributed by atoms with Gasteiger partial charge in [-0.3, -0.25) is 4.90 Å². The van der Waals surface area contributed by atoms with Gasteiger partial charge in [0.1, 0.15) is 5.60 Å². The molecule has 1 amide bonds. The van der Waals surface area contributed by atoms with E-state index in [0.29, 0.717) is 6.54 Å². The number of carbonyl (C=O) groups excluding carboxylic acids is 1. The molecule has 2 rings (SSSR count). The van der Waals surface area contributed by atoms with Gasteiger partial charge < -0.3 is 15.8 Å². The largest absolute Gasteiger partial charge is 0.444 e. The lowest BCUT2D eigenvalue weighted by atomic mass is 10.1. The zero-order chi connectivity index (χ0) is 17.0. The summed E-state index contributed by atoms with van der Waals surface area (Å²) in [6.07, 6.45) is 0.531. The number of rotatable bonds is 4. The summed E-state index contributed by atoms with van der Waals surface area (Å²) >= 11 is 5.95. The van der Waals surface area contributed by atoms with Crippen molar-refractivity contribution < 1.29 is 9.53 Å². The van der Waals surface area contributed by atoms with Crippen LogP contribution in [0.1, 0.15) is 38.8 Å². The summed E-state index contributed by atoms with van der Waals surface area (Å²) in [7, 11) is 0. The molecule has 1 aliphatic heterocycles. The van der Waals surface area contributed by atoms with Crippen molar-refractivity contribution in [1.82, 2.24) is 10.2 Å². The first-order valence-electron chi connectivity index (χ1n) is 7.97. The summed E-state index contributed by atoms with van der Waals surface area (Å²) < 4.78 is 5.31. The highest BCUT2D eigenvalue weighted by molar-refractivity contribution is 6.30. The highest BCUT2D eigenvalue weighted by atomic mass is 35.5. The Labute approximate surface area is 143 Å². The van der Waals surface area contributed by atoms with Crippen molar-refractivity contribution >= 4 is 17.7 Å². The second-order valence-corrected chi connectivity index (χ2v) is 7.37. The second-order valence-electron chi connectivity index (χ2n) is 6.93. The summed E-state index contributed by atoms with van der Waals surface area (Å²) in [5.41, 5.74) is 6.63. The van der Waals surface area contributed by atoms with Crippen LogP contribution in [0.5, 0.6) is 0 Å². The summed E-state index contributed by atoms with van der Waals surface area (Å²) in [6.45, 7) is 7.77. The summed E-state index contributed by atoms with van der Waals surface area (Å²) in [6, 6.07) is 8.00. The van der Waals surface area contributed by atoms with Gasteiger partial charge in [-0.1, -0.05) is 23.7 Å². The first-order valence-corrected chi connectivity index (χ1v) is 8.35. The number of alkyl carbamates (subject to hydrolysis) is 1. The maximum Gasteiger partial charge on any atom is 0.407 e. The maximum atomic E-state index is 11.9. The van der Waals surface area contributed by atoms with Gasteiger partial charge in [0, 0.05) is 36.7 Å². The van der Waals surface area contributed by atoms with Gasteiger partial charge in [0.15, 0.2) is 0 Å². The standard InChI is InChI=1S/C17H26ClN3O2/c1-17(2,3)23-16(22)20-14-8-9-21(11-14)15(10-19)12-4-6-13(18)7-5-12/h4-7,14-15H,8-11,19H2,1-3H3,(H,20,22)/t14-,15-/m0/s1. The zero-order valence-electron chi connectivity index (χ0n) is 14.0. The Morgan fingerprint density at radius 1 is 1.43 bits per heavy atom. The number of benzene rings is 1. The van der Waals surface area contributed by atoms with E-state index in [1.807, 2.05) is 45.0 Å². The summed E-state index contributed by atoms with van der Waals surface area (Å²) in [4.78, 5) is 14.2. The minimum Gasteiger partial charge on any atom is -0.444 e. The predicted molar refractivity (Wildman–Crippen MR) is 92.6 cm³/mol. The second kappa shape index (κ2) is 7.51. The summed E-state index contributed by atoms with van der Waals surface area (Å²) in [5, 5.41) is 3.66. The van der Waals surface area contributed by atoms with Gasteiger partial charge in [0.05, 0.1) is 0 Å². The molecular weight excluding hydrogens is 314 g/mol. The molecule has 3 N–H and O–H groups in total. The zero-order valence-corrected chi connectivity index (χ0v) is 14.8. The van der Waals surface area contributed by atoms with E-state index in [-0.39, 0.29) is 18.2 Å². The molecular formula is C17H26ClN3O2. The average Bonchev–Trinajstić information content (AvgIpc) is 2.87. The molecule has 128 valence electrons. The molecule has 1 aromatic rings. The fourth-order valence-electron chi connectivity index (χ4n) is 2.84. The Morgan fingerprint density at radius 2 is 2.09 bits per heavy atom. The first kappa shape index (κ1) is 18.0. The van der Waals surface area contributed by atoms with Crippen molar-refractivity contribution in [3.63, 3.8) is 0 Å². The summed E-state index contributed by atoms with van der Waals surface area (Å²) in [5.74, 6) is 0. The minimum atomic E-state index is -0.481. The molecule has 0 saturated carbocycles. The van der Waals surface area contributed by atoms with Crippen LogP contribution in [0.3, 0.4) is 0 Å². The molecule has 5 nitrogen and oxygen atoms in total. The SMILES string of the molecule is CC(C)(C)OC(=O)N[C@H]1CCN([C@@H](CN)c2ccc(Cl)cc2)C1. The predicted octanol–water partition coefficient (Wildman–Crippen LogP) is 2.94. The van der Waals surface area contributed by atoms with Crippen molar-refractivity contribution in [2.24, 2.45) is 5.73 Å². The van der Waals surface area contributed by atoms with Gasteiger partial charge in [-0.25, -0.2) is 4.79 Å². The minimum absolute atomic E-state index is 0.0891. The van der Waals surface area contributed by atoms with E-state index in [1.165, 1.54) is 0 Å². The van der Waals surface area contributed by atoms with E-state index in [2.05, 4.69) is 10.2 Å². The number of likely N-dealkylation sites (tertiary alicyclic amines) is 1. The van der Waals surface area contributed by atoms with Crippen LogP contribution >= 0.6 is 11.6 Å². The smallest absolute Gasteiger partial charge is 0.407 e. The fraction of sp³-hybridized carbons (Fsp3) is 0.588. The number of nitrogens with two attached hydrogens (primary N) is 1. The molecule has 1 saturated heterocycles. The van der Waals surface area contributed by atoms with Crippen LogP contribution in [0.2, 0.25) is 5.02 Å². The van der Waals surface area contributed by atoms with Crippen LogP contribution < -0.4 is 11.1 Å². The molecule has 0 radical (unpaired) electrons. The Kier molecular flexibility index (Phi) is 5.89. The van der Waals surface area contributed by atoms with E-state index in [0.717, 1.165) is 30.1 Å². The third kappa shape index (κ3) is 5.37. The molecule has 23 heavy (non-hydrogen) atoms. The van der Waals surface area contributed by atoms with Crippen molar-refractivity contribution in [1.29, 1.82) is 0 Å². The van der Waals surface area contributed by atoms with Crippen LogP contribution in [0.25, 0.3) is 0 Å². The lowest BCUT2D eigenvalue weighted by Gasteiger charge is -2.27. The lowest BCUT2D eigenvalue weighted by molar-refractivity contribution is 0.0504. The lowest BCUT2D eigenvalue weighted by Crippen LogP contribution is -2.41. The van der Waals surface area contributed by atoms with Crippen LogP contribution in [0.4, 0.5) is 4.79 Å². The quantitative estimate of drug-likeness (QED) is 0.885. The third-order valence-electron chi connectivity index (χ3n) is 3.86.